The number of benzene rings is 3. The molecule has 4 aromatic rings. The molecule has 0 radical (unpaired) electrons. The summed E-state index contributed by atoms with van der Waals surface area (Å²) < 4.78 is 6.52. The highest BCUT2D eigenvalue weighted by Crippen LogP contribution is 2.55. The first-order chi connectivity index (χ1) is 15.2. The van der Waals surface area contributed by atoms with Gasteiger partial charge in [-0.25, -0.2) is 0 Å². The van der Waals surface area contributed by atoms with Crippen molar-refractivity contribution in [2.45, 2.75) is 38.1 Å². The quantitative estimate of drug-likeness (QED) is 0.247. The fourth-order valence-corrected chi connectivity index (χ4v) is 5.18. The molecule has 154 valence electrons. The summed E-state index contributed by atoms with van der Waals surface area (Å²) >= 11 is 0. The predicted molar refractivity (Wildman–Crippen MR) is 123 cm³/mol. The van der Waals surface area contributed by atoms with E-state index in [1.807, 2.05) is 12.1 Å². The second-order valence-electron chi connectivity index (χ2n) is 8.50. The van der Waals surface area contributed by atoms with Gasteiger partial charge < -0.3 is 9.73 Å². The van der Waals surface area contributed by atoms with Gasteiger partial charge >= 0.3 is 0 Å². The summed E-state index contributed by atoms with van der Waals surface area (Å²) in [4.78, 5) is 10.8. The number of rotatable bonds is 4. The average molecular weight is 410 g/mol. The van der Waals surface area contributed by atoms with Gasteiger partial charge in [-0.2, -0.15) is 0 Å². The molecule has 2 aliphatic carbocycles. The number of nitrogens with one attached hydrogen (secondary N) is 1. The van der Waals surface area contributed by atoms with E-state index in [4.69, 9.17) is 4.42 Å². The van der Waals surface area contributed by atoms with Crippen molar-refractivity contribution in [3.05, 3.63) is 70.8 Å². The lowest BCUT2D eigenvalue weighted by molar-refractivity contribution is -0.384. The zero-order valence-electron chi connectivity index (χ0n) is 17.1. The summed E-state index contributed by atoms with van der Waals surface area (Å²) in [5.41, 5.74) is 5.38. The Bertz CT molecular complexity index is 1310. The van der Waals surface area contributed by atoms with Crippen molar-refractivity contribution < 1.29 is 9.34 Å². The number of nitro groups is 1. The highest BCUT2D eigenvalue weighted by molar-refractivity contribution is 6.18. The molecule has 3 aromatic carbocycles. The van der Waals surface area contributed by atoms with Crippen molar-refractivity contribution in [1.82, 2.24) is 0 Å². The molecule has 0 bridgehead atoms. The van der Waals surface area contributed by atoms with Gasteiger partial charge in [0.05, 0.1) is 10.5 Å². The average Bonchev–Trinajstić information content (AvgIpc) is 3.31. The van der Waals surface area contributed by atoms with Gasteiger partial charge in [-0.3, -0.25) is 10.1 Å². The molecule has 0 atom stereocenters. The van der Waals surface area contributed by atoms with E-state index in [1.165, 1.54) is 30.0 Å². The predicted octanol–water partition coefficient (Wildman–Crippen LogP) is 7.40. The van der Waals surface area contributed by atoms with Crippen LogP contribution in [0.1, 0.15) is 32.1 Å². The fourth-order valence-electron chi connectivity index (χ4n) is 5.18. The Hall–Kier alpha value is -3.60. The first kappa shape index (κ1) is 18.2. The van der Waals surface area contributed by atoms with Gasteiger partial charge in [-0.05, 0) is 41.5 Å². The van der Waals surface area contributed by atoms with Gasteiger partial charge in [-0.15, -0.1) is 0 Å². The summed E-state index contributed by atoms with van der Waals surface area (Å²) in [5.74, 6) is 1.66. The summed E-state index contributed by atoms with van der Waals surface area (Å²) in [6.45, 7) is 0. The van der Waals surface area contributed by atoms with Crippen LogP contribution in [0.2, 0.25) is 0 Å². The molecule has 5 heteroatoms. The lowest BCUT2D eigenvalue weighted by Gasteiger charge is -2.23. The Morgan fingerprint density at radius 1 is 0.871 bits per heavy atom. The van der Waals surface area contributed by atoms with Crippen LogP contribution in [-0.4, -0.2) is 11.0 Å². The van der Waals surface area contributed by atoms with Crippen LogP contribution in [0.15, 0.2) is 65.1 Å². The zero-order valence-corrected chi connectivity index (χ0v) is 17.1. The van der Waals surface area contributed by atoms with Crippen LogP contribution in [0.4, 0.5) is 11.6 Å². The number of furan rings is 1. The van der Waals surface area contributed by atoms with Gasteiger partial charge in [0.1, 0.15) is 5.76 Å². The number of hydrogen-bond acceptors (Lipinski definition) is 4. The van der Waals surface area contributed by atoms with E-state index < -0.39 is 0 Å². The topological polar surface area (TPSA) is 68.3 Å². The van der Waals surface area contributed by atoms with Gasteiger partial charge in [0.15, 0.2) is 0 Å². The molecule has 0 amide bonds. The van der Waals surface area contributed by atoms with Crippen LogP contribution in [0.25, 0.3) is 44.3 Å². The Kier molecular flexibility index (Phi) is 4.10. The third kappa shape index (κ3) is 2.84. The minimum atomic E-state index is -0.360. The number of anilines is 1. The molecule has 31 heavy (non-hydrogen) atoms. The zero-order chi connectivity index (χ0) is 20.9. The summed E-state index contributed by atoms with van der Waals surface area (Å²) in [6.07, 6.45) is 6.02. The van der Waals surface area contributed by atoms with E-state index in [2.05, 4.69) is 41.7 Å². The van der Waals surface area contributed by atoms with Crippen LogP contribution in [0.5, 0.6) is 0 Å². The Morgan fingerprint density at radius 2 is 1.58 bits per heavy atom. The Balaban J connectivity index is 1.55. The molecular weight excluding hydrogens is 388 g/mol. The minimum Gasteiger partial charge on any atom is -0.439 e. The maximum absolute atomic E-state index is 11.2. The van der Waals surface area contributed by atoms with E-state index in [1.54, 1.807) is 12.1 Å². The molecule has 1 fully saturated rings. The largest absolute Gasteiger partial charge is 0.439 e. The van der Waals surface area contributed by atoms with Crippen LogP contribution in [0.3, 0.4) is 0 Å². The highest BCUT2D eigenvalue weighted by Gasteiger charge is 2.32. The molecule has 6 rings (SSSR count). The van der Waals surface area contributed by atoms with Crippen molar-refractivity contribution in [2.24, 2.45) is 0 Å². The molecule has 0 unspecified atom stereocenters. The smallest absolute Gasteiger partial charge is 0.269 e. The maximum Gasteiger partial charge on any atom is 0.269 e. The van der Waals surface area contributed by atoms with Crippen molar-refractivity contribution in [3.8, 4) is 33.6 Å². The van der Waals surface area contributed by atoms with E-state index in [-0.39, 0.29) is 10.6 Å². The Morgan fingerprint density at radius 3 is 2.29 bits per heavy atom. The number of nitrogens with zero attached hydrogens (tertiary/aromatic N) is 1. The monoisotopic (exact) mass is 410 g/mol. The van der Waals surface area contributed by atoms with Gasteiger partial charge in [0.25, 0.3) is 5.69 Å². The van der Waals surface area contributed by atoms with E-state index >= 15 is 0 Å². The number of hydrogen-bond donors (Lipinski definition) is 1. The van der Waals surface area contributed by atoms with Crippen LogP contribution in [-0.2, 0) is 0 Å². The van der Waals surface area contributed by atoms with E-state index in [0.29, 0.717) is 6.04 Å². The van der Waals surface area contributed by atoms with Gasteiger partial charge in [0, 0.05) is 34.7 Å². The highest BCUT2D eigenvalue weighted by atomic mass is 16.6. The van der Waals surface area contributed by atoms with Crippen LogP contribution < -0.4 is 5.32 Å². The lowest BCUT2D eigenvalue weighted by atomic mass is 9.94. The molecule has 5 nitrogen and oxygen atoms in total. The fraction of sp³-hybridized carbons (Fsp3) is 0.231. The first-order valence-corrected chi connectivity index (χ1v) is 10.9. The minimum absolute atomic E-state index is 0.0936. The van der Waals surface area contributed by atoms with Crippen molar-refractivity contribution in [1.29, 1.82) is 0 Å². The van der Waals surface area contributed by atoms with Crippen molar-refractivity contribution >= 4 is 22.3 Å². The third-order valence-corrected chi connectivity index (χ3v) is 6.63. The number of fused-ring (bicyclic) bond motifs is 3. The second-order valence-corrected chi connectivity index (χ2v) is 8.50. The van der Waals surface area contributed by atoms with E-state index in [9.17, 15) is 10.1 Å². The van der Waals surface area contributed by atoms with Crippen molar-refractivity contribution in [3.63, 3.8) is 0 Å². The summed E-state index contributed by atoms with van der Waals surface area (Å²) in [5, 5.41) is 17.2. The SMILES string of the molecule is O=[N+]([O-])c1ccc(-c2c(NC3CCCCC3)oc3c2-c2cccc4cccc-3c24)cc1. The lowest BCUT2D eigenvalue weighted by Crippen LogP contribution is -2.22. The van der Waals surface area contributed by atoms with E-state index in [0.717, 1.165) is 52.3 Å². The molecule has 1 aromatic heterocycles. The van der Waals surface area contributed by atoms with Gasteiger partial charge in [-0.1, -0.05) is 55.7 Å². The summed E-state index contributed by atoms with van der Waals surface area (Å²) in [6, 6.07) is 19.9. The molecule has 0 aliphatic heterocycles. The van der Waals surface area contributed by atoms with Gasteiger partial charge in [0.2, 0.25) is 5.88 Å². The van der Waals surface area contributed by atoms with Crippen molar-refractivity contribution in [2.75, 3.05) is 5.32 Å². The standard InChI is InChI=1S/C26H22N2O3/c29-28(30)19-14-12-17(13-15-19)23-24-20-10-4-6-16-7-5-11-21(22(16)20)25(24)31-26(23)27-18-8-2-1-3-9-18/h4-7,10-15,18,27H,1-3,8-9H2. The van der Waals surface area contributed by atoms with Crippen LogP contribution >= 0.6 is 0 Å². The number of nitro benzene ring substituents is 1. The summed E-state index contributed by atoms with van der Waals surface area (Å²) in [7, 11) is 0. The molecular formula is C26H22N2O3. The third-order valence-electron chi connectivity index (χ3n) is 6.63. The van der Waals surface area contributed by atoms with Crippen LogP contribution in [0, 0.1) is 10.1 Å². The molecule has 1 N–H and O–H groups in total. The normalized spacial score (nSPS) is 15.2. The Labute approximate surface area is 179 Å². The molecule has 0 saturated heterocycles. The number of non-ortho nitro benzene ring substituents is 1. The maximum atomic E-state index is 11.2. The first-order valence-electron chi connectivity index (χ1n) is 10.9. The second kappa shape index (κ2) is 6.98. The molecule has 1 saturated carbocycles. The molecule has 0 spiro atoms. The molecule has 1 heterocycles. The molecule has 2 aliphatic rings.